The monoisotopic (exact) mass is 360 g/mol. The fourth-order valence-electron chi connectivity index (χ4n) is 3.29. The predicted molar refractivity (Wildman–Crippen MR) is 109 cm³/mol. The first-order chi connectivity index (χ1) is 12.7. The van der Waals surface area contributed by atoms with Gasteiger partial charge in [0.1, 0.15) is 11.5 Å². The van der Waals surface area contributed by atoms with Crippen molar-refractivity contribution >= 4 is 17.7 Å². The first-order valence-electron chi connectivity index (χ1n) is 8.99. The third kappa shape index (κ3) is 4.00. The topological polar surface area (TPSA) is 9.23 Å². The summed E-state index contributed by atoms with van der Waals surface area (Å²) in [4.78, 5) is 0. The summed E-state index contributed by atoms with van der Waals surface area (Å²) >= 11 is 6.01. The SMILES string of the molecule is Clc1ccc(C2(CC=Cc3cccc(Oc4ccccc4)c3)CC2)cc1. The molecular weight excluding hydrogens is 340 g/mol. The van der Waals surface area contributed by atoms with Gasteiger partial charge in [0.25, 0.3) is 0 Å². The van der Waals surface area contributed by atoms with Gasteiger partial charge >= 0.3 is 0 Å². The lowest BCUT2D eigenvalue weighted by Crippen LogP contribution is -2.04. The molecule has 3 aromatic rings. The van der Waals surface area contributed by atoms with Gasteiger partial charge in [0.15, 0.2) is 0 Å². The van der Waals surface area contributed by atoms with Gasteiger partial charge in [-0.3, -0.25) is 0 Å². The molecule has 0 spiro atoms. The second kappa shape index (κ2) is 7.39. The molecule has 0 bridgehead atoms. The third-order valence-electron chi connectivity index (χ3n) is 4.97. The zero-order valence-electron chi connectivity index (χ0n) is 14.6. The Labute approximate surface area is 159 Å². The van der Waals surface area contributed by atoms with Gasteiger partial charge in [-0.25, -0.2) is 0 Å². The summed E-state index contributed by atoms with van der Waals surface area (Å²) in [7, 11) is 0. The van der Waals surface area contributed by atoms with E-state index in [1.807, 2.05) is 54.6 Å². The molecule has 1 saturated carbocycles. The van der Waals surface area contributed by atoms with E-state index in [2.05, 4.69) is 36.4 Å². The first kappa shape index (κ1) is 16.9. The molecule has 26 heavy (non-hydrogen) atoms. The minimum absolute atomic E-state index is 0.305. The number of hydrogen-bond donors (Lipinski definition) is 0. The summed E-state index contributed by atoms with van der Waals surface area (Å²) in [5.41, 5.74) is 2.86. The molecule has 0 unspecified atom stereocenters. The first-order valence-corrected chi connectivity index (χ1v) is 9.37. The number of benzene rings is 3. The van der Waals surface area contributed by atoms with E-state index >= 15 is 0 Å². The molecule has 0 atom stereocenters. The largest absolute Gasteiger partial charge is 0.457 e. The van der Waals surface area contributed by atoms with E-state index in [0.717, 1.165) is 28.5 Å². The van der Waals surface area contributed by atoms with Crippen molar-refractivity contribution in [1.82, 2.24) is 0 Å². The number of ether oxygens (including phenoxy) is 1. The average Bonchev–Trinajstić information content (AvgIpc) is 3.44. The van der Waals surface area contributed by atoms with Gasteiger partial charge in [-0.1, -0.05) is 66.2 Å². The van der Waals surface area contributed by atoms with Crippen LogP contribution in [0.1, 0.15) is 30.4 Å². The summed E-state index contributed by atoms with van der Waals surface area (Å²) in [6.45, 7) is 0. The highest BCUT2D eigenvalue weighted by atomic mass is 35.5. The standard InChI is InChI=1S/C24H21ClO/c25-21-13-11-20(12-14-21)24(16-17-24)15-5-7-19-6-4-10-23(18-19)26-22-8-2-1-3-9-22/h1-14,18H,15-17H2. The van der Waals surface area contributed by atoms with Gasteiger partial charge in [-0.2, -0.15) is 0 Å². The van der Waals surface area contributed by atoms with E-state index in [4.69, 9.17) is 16.3 Å². The Bertz CT molecular complexity index is 893. The molecule has 1 fully saturated rings. The van der Waals surface area contributed by atoms with Crippen molar-refractivity contribution in [1.29, 1.82) is 0 Å². The Morgan fingerprint density at radius 3 is 2.31 bits per heavy atom. The number of allylic oxidation sites excluding steroid dienone is 1. The van der Waals surface area contributed by atoms with Crippen molar-refractivity contribution in [3.05, 3.63) is 101 Å². The van der Waals surface area contributed by atoms with Gasteiger partial charge in [0.2, 0.25) is 0 Å². The summed E-state index contributed by atoms with van der Waals surface area (Å²) in [6.07, 6.45) is 8.02. The van der Waals surface area contributed by atoms with Crippen LogP contribution in [0.15, 0.2) is 84.9 Å². The fourth-order valence-corrected chi connectivity index (χ4v) is 3.42. The summed E-state index contributed by atoms with van der Waals surface area (Å²) in [5.74, 6) is 1.71. The molecule has 0 amide bonds. The quantitative estimate of drug-likeness (QED) is 0.449. The Morgan fingerprint density at radius 1 is 0.846 bits per heavy atom. The maximum Gasteiger partial charge on any atom is 0.128 e. The maximum atomic E-state index is 6.01. The Balaban J connectivity index is 1.42. The normalized spacial score (nSPS) is 15.1. The van der Waals surface area contributed by atoms with Crippen molar-refractivity contribution in [2.75, 3.05) is 0 Å². The molecule has 1 aliphatic carbocycles. The highest BCUT2D eigenvalue weighted by Crippen LogP contribution is 2.51. The van der Waals surface area contributed by atoms with Crippen LogP contribution in [0.3, 0.4) is 0 Å². The molecule has 4 rings (SSSR count). The van der Waals surface area contributed by atoms with Crippen LogP contribution in [0.4, 0.5) is 0 Å². The molecule has 130 valence electrons. The lowest BCUT2D eigenvalue weighted by Gasteiger charge is -2.13. The molecule has 0 aliphatic heterocycles. The van der Waals surface area contributed by atoms with Gasteiger partial charge in [0.05, 0.1) is 0 Å². The molecule has 1 aliphatic rings. The number of rotatable bonds is 6. The number of hydrogen-bond acceptors (Lipinski definition) is 1. The molecule has 2 heteroatoms. The summed E-state index contributed by atoms with van der Waals surface area (Å²) < 4.78 is 5.91. The molecule has 0 N–H and O–H groups in total. The van der Waals surface area contributed by atoms with Crippen LogP contribution in [0.25, 0.3) is 6.08 Å². The van der Waals surface area contributed by atoms with Gasteiger partial charge in [0, 0.05) is 5.02 Å². The Kier molecular flexibility index (Phi) is 4.81. The van der Waals surface area contributed by atoms with Crippen LogP contribution < -0.4 is 4.74 Å². The lowest BCUT2D eigenvalue weighted by molar-refractivity contribution is 0.482. The van der Waals surface area contributed by atoms with Crippen LogP contribution >= 0.6 is 11.6 Å². The van der Waals surface area contributed by atoms with Gasteiger partial charge in [-0.15, -0.1) is 0 Å². The smallest absolute Gasteiger partial charge is 0.128 e. The molecule has 0 aromatic heterocycles. The molecule has 0 radical (unpaired) electrons. The highest BCUT2D eigenvalue weighted by molar-refractivity contribution is 6.30. The minimum atomic E-state index is 0.305. The van der Waals surface area contributed by atoms with E-state index in [9.17, 15) is 0 Å². The summed E-state index contributed by atoms with van der Waals surface area (Å²) in [6, 6.07) is 26.4. The number of halogens is 1. The predicted octanol–water partition coefficient (Wildman–Crippen LogP) is 7.27. The van der Waals surface area contributed by atoms with Crippen molar-refractivity contribution in [3.63, 3.8) is 0 Å². The zero-order chi connectivity index (χ0) is 17.8. The van der Waals surface area contributed by atoms with Crippen molar-refractivity contribution in [2.24, 2.45) is 0 Å². The molecule has 0 heterocycles. The number of para-hydroxylation sites is 1. The minimum Gasteiger partial charge on any atom is -0.457 e. The fraction of sp³-hybridized carbons (Fsp3) is 0.167. The second-order valence-electron chi connectivity index (χ2n) is 6.88. The van der Waals surface area contributed by atoms with Crippen molar-refractivity contribution < 1.29 is 4.74 Å². The van der Waals surface area contributed by atoms with E-state index in [1.54, 1.807) is 0 Å². The zero-order valence-corrected chi connectivity index (χ0v) is 15.3. The van der Waals surface area contributed by atoms with E-state index in [-0.39, 0.29) is 0 Å². The Morgan fingerprint density at radius 2 is 1.58 bits per heavy atom. The third-order valence-corrected chi connectivity index (χ3v) is 5.22. The Hall–Kier alpha value is -2.51. The van der Waals surface area contributed by atoms with Crippen LogP contribution in [0.5, 0.6) is 11.5 Å². The molecule has 3 aromatic carbocycles. The van der Waals surface area contributed by atoms with Crippen LogP contribution in [0.2, 0.25) is 5.02 Å². The van der Waals surface area contributed by atoms with E-state index < -0.39 is 0 Å². The van der Waals surface area contributed by atoms with E-state index in [0.29, 0.717) is 5.41 Å². The lowest BCUT2D eigenvalue weighted by atomic mass is 9.92. The highest BCUT2D eigenvalue weighted by Gasteiger charge is 2.42. The molecular formula is C24H21ClO. The average molecular weight is 361 g/mol. The maximum absolute atomic E-state index is 6.01. The van der Waals surface area contributed by atoms with Crippen molar-refractivity contribution in [2.45, 2.75) is 24.7 Å². The van der Waals surface area contributed by atoms with E-state index in [1.165, 1.54) is 18.4 Å². The van der Waals surface area contributed by atoms with Crippen LogP contribution in [-0.4, -0.2) is 0 Å². The van der Waals surface area contributed by atoms with Gasteiger partial charge in [-0.05, 0) is 72.2 Å². The summed E-state index contributed by atoms with van der Waals surface area (Å²) in [5, 5.41) is 0.801. The van der Waals surface area contributed by atoms with Gasteiger partial charge < -0.3 is 4.74 Å². The molecule has 1 nitrogen and oxygen atoms in total. The second-order valence-corrected chi connectivity index (χ2v) is 7.32. The van der Waals surface area contributed by atoms with Crippen molar-refractivity contribution in [3.8, 4) is 11.5 Å². The van der Waals surface area contributed by atoms with Crippen LogP contribution in [-0.2, 0) is 5.41 Å². The molecule has 0 saturated heterocycles. The van der Waals surface area contributed by atoms with Crippen LogP contribution in [0, 0.1) is 0 Å².